The van der Waals surface area contributed by atoms with Crippen LogP contribution in [0.5, 0.6) is 5.75 Å². The molecule has 2 aromatic carbocycles. The molecule has 1 aliphatic carbocycles. The van der Waals surface area contributed by atoms with Gasteiger partial charge in [0.2, 0.25) is 17.7 Å². The number of carbonyl (C=O) groups is 4. The zero-order chi connectivity index (χ0) is 24.0. The molecule has 7 heteroatoms. The van der Waals surface area contributed by atoms with E-state index in [0.717, 1.165) is 11.3 Å². The smallest absolute Gasteiger partial charge is 0.316 e. The molecule has 3 atom stereocenters. The predicted octanol–water partition coefficient (Wildman–Crippen LogP) is 3.72. The highest BCUT2D eigenvalue weighted by molar-refractivity contribution is 6.22. The van der Waals surface area contributed by atoms with Crippen LogP contribution in [0.1, 0.15) is 30.4 Å². The first kappa shape index (κ1) is 22.1. The van der Waals surface area contributed by atoms with Crippen molar-refractivity contribution in [1.82, 2.24) is 0 Å². The van der Waals surface area contributed by atoms with Crippen LogP contribution in [0.25, 0.3) is 0 Å². The first-order chi connectivity index (χ1) is 16.3. The molecule has 0 spiro atoms. The number of imide groups is 1. The highest BCUT2D eigenvalue weighted by Gasteiger charge is 2.48. The zero-order valence-electron chi connectivity index (χ0n) is 19.2. The molecule has 0 aromatic heterocycles. The number of hydrogen-bond acceptors (Lipinski definition) is 5. The Morgan fingerprint density at radius 2 is 1.56 bits per heavy atom. The maximum Gasteiger partial charge on any atom is 0.316 e. The van der Waals surface area contributed by atoms with Crippen LogP contribution in [0.4, 0.5) is 11.4 Å². The van der Waals surface area contributed by atoms with Gasteiger partial charge in [-0.15, -0.1) is 0 Å². The Balaban J connectivity index is 1.28. The molecule has 0 N–H and O–H groups in total. The monoisotopic (exact) mass is 458 g/mol. The van der Waals surface area contributed by atoms with Crippen LogP contribution < -0.4 is 14.5 Å². The largest absolute Gasteiger partial charge is 0.426 e. The third-order valence-electron chi connectivity index (χ3n) is 6.94. The predicted molar refractivity (Wildman–Crippen MR) is 126 cm³/mol. The third-order valence-corrected chi connectivity index (χ3v) is 6.94. The molecule has 2 aromatic rings. The Morgan fingerprint density at radius 3 is 2.18 bits per heavy atom. The molecule has 34 heavy (non-hydrogen) atoms. The van der Waals surface area contributed by atoms with Crippen molar-refractivity contribution in [3.63, 3.8) is 0 Å². The van der Waals surface area contributed by atoms with Crippen LogP contribution in [0.2, 0.25) is 0 Å². The highest BCUT2D eigenvalue weighted by atomic mass is 16.5. The van der Waals surface area contributed by atoms with Crippen molar-refractivity contribution in [1.29, 1.82) is 0 Å². The molecule has 3 aliphatic rings. The van der Waals surface area contributed by atoms with E-state index in [1.807, 2.05) is 43.3 Å². The molecule has 174 valence electrons. The maximum atomic E-state index is 12.9. The summed E-state index contributed by atoms with van der Waals surface area (Å²) >= 11 is 0. The van der Waals surface area contributed by atoms with Crippen molar-refractivity contribution >= 4 is 35.1 Å². The first-order valence-electron chi connectivity index (χ1n) is 11.6. The van der Waals surface area contributed by atoms with Crippen molar-refractivity contribution in [2.75, 3.05) is 16.3 Å². The Bertz CT molecular complexity index is 1190. The summed E-state index contributed by atoms with van der Waals surface area (Å²) in [5, 5.41) is 0. The van der Waals surface area contributed by atoms with Gasteiger partial charge in [-0.25, -0.2) is 4.90 Å². The molecule has 0 unspecified atom stereocenters. The SMILES string of the molecule is Cc1ccc(N2C[C@H](C(=O)Oc3ccc(N4C(=O)[C@H]5CC=CC[C@H]5C4=O)c(C)c3)CC2=O)cc1. The minimum atomic E-state index is -0.564. The highest BCUT2D eigenvalue weighted by Crippen LogP contribution is 2.39. The number of aryl methyl sites for hydroxylation is 2. The minimum Gasteiger partial charge on any atom is -0.426 e. The summed E-state index contributed by atoms with van der Waals surface area (Å²) in [6.07, 6.45) is 5.18. The second-order valence-corrected chi connectivity index (χ2v) is 9.28. The molecule has 5 rings (SSSR count). The van der Waals surface area contributed by atoms with Gasteiger partial charge in [0.1, 0.15) is 5.75 Å². The van der Waals surface area contributed by atoms with Gasteiger partial charge in [-0.05, 0) is 62.6 Å². The summed E-state index contributed by atoms with van der Waals surface area (Å²) in [7, 11) is 0. The van der Waals surface area contributed by atoms with Gasteiger partial charge in [0.05, 0.1) is 23.4 Å². The minimum absolute atomic E-state index is 0.0946. The lowest BCUT2D eigenvalue weighted by Gasteiger charge is -2.19. The molecule has 0 radical (unpaired) electrons. The van der Waals surface area contributed by atoms with Crippen LogP contribution in [0, 0.1) is 31.6 Å². The lowest BCUT2D eigenvalue weighted by molar-refractivity contribution is -0.139. The fourth-order valence-electron chi connectivity index (χ4n) is 5.02. The molecule has 2 aliphatic heterocycles. The summed E-state index contributed by atoms with van der Waals surface area (Å²) < 4.78 is 5.58. The van der Waals surface area contributed by atoms with E-state index >= 15 is 0 Å². The molecular weight excluding hydrogens is 432 g/mol. The number of fused-ring (bicyclic) bond motifs is 1. The van der Waals surface area contributed by atoms with Crippen molar-refractivity contribution in [2.24, 2.45) is 17.8 Å². The third kappa shape index (κ3) is 3.81. The number of hydrogen-bond donors (Lipinski definition) is 0. The number of ether oxygens (including phenoxy) is 1. The fraction of sp³-hybridized carbons (Fsp3) is 0.333. The van der Waals surface area contributed by atoms with Gasteiger partial charge in [0.15, 0.2) is 0 Å². The normalized spacial score (nSPS) is 24.1. The van der Waals surface area contributed by atoms with Gasteiger partial charge in [0, 0.05) is 18.7 Å². The lowest BCUT2D eigenvalue weighted by atomic mass is 9.85. The molecule has 2 fully saturated rings. The van der Waals surface area contributed by atoms with Crippen molar-refractivity contribution in [2.45, 2.75) is 33.1 Å². The summed E-state index contributed by atoms with van der Waals surface area (Å²) in [6.45, 7) is 4.03. The first-order valence-corrected chi connectivity index (χ1v) is 11.6. The fourth-order valence-corrected chi connectivity index (χ4v) is 5.02. The number of esters is 1. The van der Waals surface area contributed by atoms with Crippen LogP contribution in [0.15, 0.2) is 54.6 Å². The Kier molecular flexibility index (Phi) is 5.55. The summed E-state index contributed by atoms with van der Waals surface area (Å²) in [4.78, 5) is 53.9. The average Bonchev–Trinajstić information content (AvgIpc) is 3.33. The second kappa shape index (κ2) is 8.56. The van der Waals surface area contributed by atoms with Gasteiger partial charge < -0.3 is 9.64 Å². The Hall–Kier alpha value is -3.74. The number of carbonyl (C=O) groups excluding carboxylic acids is 4. The van der Waals surface area contributed by atoms with Crippen LogP contribution in [0.3, 0.4) is 0 Å². The summed E-state index contributed by atoms with van der Waals surface area (Å²) in [5.41, 5.74) is 3.05. The van der Waals surface area contributed by atoms with Crippen molar-refractivity contribution in [3.8, 4) is 5.75 Å². The van der Waals surface area contributed by atoms with E-state index in [1.54, 1.807) is 30.0 Å². The van der Waals surface area contributed by atoms with Gasteiger partial charge >= 0.3 is 5.97 Å². The van der Waals surface area contributed by atoms with Gasteiger partial charge in [-0.1, -0.05) is 29.8 Å². The number of rotatable bonds is 4. The topological polar surface area (TPSA) is 84.0 Å². The zero-order valence-corrected chi connectivity index (χ0v) is 19.2. The number of benzene rings is 2. The molecular formula is C27H26N2O5. The number of amides is 3. The summed E-state index contributed by atoms with van der Waals surface area (Å²) in [5.74, 6) is -1.77. The van der Waals surface area contributed by atoms with Gasteiger partial charge in [0.25, 0.3) is 0 Å². The molecule has 7 nitrogen and oxygen atoms in total. The Morgan fingerprint density at radius 1 is 0.912 bits per heavy atom. The molecule has 0 bridgehead atoms. The number of allylic oxidation sites excluding steroid dienone is 2. The van der Waals surface area contributed by atoms with E-state index in [1.165, 1.54) is 4.90 Å². The van der Waals surface area contributed by atoms with E-state index in [-0.39, 0.29) is 42.5 Å². The van der Waals surface area contributed by atoms with E-state index in [9.17, 15) is 19.2 Å². The lowest BCUT2D eigenvalue weighted by Crippen LogP contribution is -2.31. The quantitative estimate of drug-likeness (QED) is 0.302. The second-order valence-electron chi connectivity index (χ2n) is 9.28. The van der Waals surface area contributed by atoms with E-state index in [4.69, 9.17) is 4.74 Å². The molecule has 3 amide bonds. The Labute approximate surface area is 198 Å². The van der Waals surface area contributed by atoms with Crippen LogP contribution in [-0.2, 0) is 19.2 Å². The standard InChI is InChI=1S/C27H26N2O5/c1-16-7-9-19(10-8-16)28-15-18(14-24(28)30)27(33)34-20-11-12-23(17(2)13-20)29-25(31)21-5-3-4-6-22(21)26(29)32/h3-4,7-13,18,21-22H,5-6,14-15H2,1-2H3/t18-,21-,22+/m1/s1. The summed E-state index contributed by atoms with van der Waals surface area (Å²) in [6, 6.07) is 12.5. The van der Waals surface area contributed by atoms with Crippen molar-refractivity contribution < 1.29 is 23.9 Å². The van der Waals surface area contributed by atoms with Crippen LogP contribution >= 0.6 is 0 Å². The van der Waals surface area contributed by atoms with Crippen LogP contribution in [-0.4, -0.2) is 30.2 Å². The molecule has 2 heterocycles. The maximum absolute atomic E-state index is 12.9. The van der Waals surface area contributed by atoms with Gasteiger partial charge in [-0.3, -0.25) is 19.2 Å². The average molecular weight is 459 g/mol. The van der Waals surface area contributed by atoms with E-state index < -0.39 is 11.9 Å². The van der Waals surface area contributed by atoms with Crippen molar-refractivity contribution in [3.05, 3.63) is 65.7 Å². The number of nitrogens with zero attached hydrogens (tertiary/aromatic N) is 2. The molecule has 2 saturated heterocycles. The number of anilines is 2. The molecule has 0 saturated carbocycles. The van der Waals surface area contributed by atoms with E-state index in [0.29, 0.717) is 29.8 Å². The van der Waals surface area contributed by atoms with E-state index in [2.05, 4.69) is 0 Å². The van der Waals surface area contributed by atoms with Gasteiger partial charge in [-0.2, -0.15) is 0 Å².